The van der Waals surface area contributed by atoms with Gasteiger partial charge in [-0.2, -0.15) is 0 Å². The summed E-state index contributed by atoms with van der Waals surface area (Å²) in [6, 6.07) is 0. The maximum atomic E-state index is 11.2. The van der Waals surface area contributed by atoms with Gasteiger partial charge in [-0.25, -0.2) is 0 Å². The minimum absolute atomic E-state index is 0.330. The number of carbonyl (C=O) groups excluding carboxylic acids is 1. The number of amides is 1. The summed E-state index contributed by atoms with van der Waals surface area (Å²) < 4.78 is 5.50. The van der Waals surface area contributed by atoms with Gasteiger partial charge in [-0.05, 0) is 25.3 Å². The molecule has 2 heterocycles. The van der Waals surface area contributed by atoms with Gasteiger partial charge in [-0.15, -0.1) is 0 Å². The Labute approximate surface area is 87.4 Å². The van der Waals surface area contributed by atoms with Gasteiger partial charge in [0.2, 0.25) is 5.91 Å². The van der Waals surface area contributed by atoms with Crippen molar-refractivity contribution < 1.29 is 9.53 Å². The van der Waals surface area contributed by atoms with E-state index in [9.17, 15) is 4.79 Å². The van der Waals surface area contributed by atoms with Crippen molar-refractivity contribution in [3.63, 3.8) is 0 Å². The summed E-state index contributed by atoms with van der Waals surface area (Å²) in [5.74, 6) is 0.744. The third kappa shape index (κ3) is 1.80. The van der Waals surface area contributed by atoms with Crippen LogP contribution in [0.1, 0.15) is 19.3 Å². The average Bonchev–Trinajstić information content (AvgIpc) is 2.41. The van der Waals surface area contributed by atoms with Crippen molar-refractivity contribution in [2.45, 2.75) is 19.3 Å². The molecule has 0 spiro atoms. The first-order valence-electron chi connectivity index (χ1n) is 4.78. The lowest BCUT2D eigenvalue weighted by Gasteiger charge is -2.18. The number of primary amides is 1. The highest BCUT2D eigenvalue weighted by Crippen LogP contribution is 2.35. The van der Waals surface area contributed by atoms with E-state index in [4.69, 9.17) is 10.5 Å². The van der Waals surface area contributed by atoms with E-state index in [-0.39, 0.29) is 5.91 Å². The molecule has 2 aliphatic heterocycles. The molecule has 0 bridgehead atoms. The monoisotopic (exact) mass is 211 g/mol. The van der Waals surface area contributed by atoms with E-state index < -0.39 is 0 Å². The predicted octanol–water partition coefficient (Wildman–Crippen LogP) is 1.56. The van der Waals surface area contributed by atoms with Crippen molar-refractivity contribution >= 4 is 17.7 Å². The zero-order chi connectivity index (χ0) is 9.97. The first kappa shape index (κ1) is 9.65. The van der Waals surface area contributed by atoms with Crippen LogP contribution in [0.15, 0.2) is 22.3 Å². The molecule has 1 amide bonds. The molecule has 0 fully saturated rings. The van der Waals surface area contributed by atoms with E-state index in [1.807, 2.05) is 0 Å². The Morgan fingerprint density at radius 2 is 2.36 bits per heavy atom. The highest BCUT2D eigenvalue weighted by Gasteiger charge is 2.22. The van der Waals surface area contributed by atoms with Crippen molar-refractivity contribution in [1.29, 1.82) is 0 Å². The van der Waals surface area contributed by atoms with Gasteiger partial charge in [0.15, 0.2) is 5.09 Å². The normalized spacial score (nSPS) is 21.9. The van der Waals surface area contributed by atoms with Crippen molar-refractivity contribution in [1.82, 2.24) is 0 Å². The van der Waals surface area contributed by atoms with Gasteiger partial charge in [-0.3, -0.25) is 4.79 Å². The second-order valence-corrected chi connectivity index (χ2v) is 4.43. The molecule has 0 atom stereocenters. The lowest BCUT2D eigenvalue weighted by Crippen LogP contribution is -2.19. The molecule has 0 aromatic rings. The van der Waals surface area contributed by atoms with E-state index >= 15 is 0 Å². The Balaban J connectivity index is 2.30. The number of ether oxygens (including phenoxy) is 1. The predicted molar refractivity (Wildman–Crippen MR) is 56.6 cm³/mol. The van der Waals surface area contributed by atoms with E-state index in [1.165, 1.54) is 6.42 Å². The standard InChI is InChI=1S/C10H13NO2S/c11-9(12)7-4-5-13-10-8(7)3-1-2-6-14-10/h4H,1-3,5-6H2,(H2,11,12). The summed E-state index contributed by atoms with van der Waals surface area (Å²) >= 11 is 1.70. The molecule has 0 unspecified atom stereocenters. The minimum atomic E-state index is -0.330. The van der Waals surface area contributed by atoms with Crippen LogP contribution >= 0.6 is 11.8 Å². The second kappa shape index (κ2) is 4.09. The maximum absolute atomic E-state index is 11.2. The van der Waals surface area contributed by atoms with Crippen LogP contribution in [0.25, 0.3) is 0 Å². The average molecular weight is 211 g/mol. The molecule has 14 heavy (non-hydrogen) atoms. The second-order valence-electron chi connectivity index (χ2n) is 3.36. The maximum Gasteiger partial charge on any atom is 0.248 e. The van der Waals surface area contributed by atoms with Crippen molar-refractivity contribution in [2.24, 2.45) is 5.73 Å². The van der Waals surface area contributed by atoms with Crippen molar-refractivity contribution in [2.75, 3.05) is 12.4 Å². The van der Waals surface area contributed by atoms with Crippen LogP contribution in [-0.2, 0) is 9.53 Å². The number of rotatable bonds is 1. The molecule has 2 rings (SSSR count). The summed E-state index contributed by atoms with van der Waals surface area (Å²) in [6.07, 6.45) is 4.98. The topological polar surface area (TPSA) is 52.3 Å². The Hall–Kier alpha value is -0.900. The van der Waals surface area contributed by atoms with E-state index in [0.717, 1.165) is 29.3 Å². The Morgan fingerprint density at radius 3 is 3.14 bits per heavy atom. The first-order chi connectivity index (χ1) is 6.79. The number of hydrogen-bond acceptors (Lipinski definition) is 3. The Morgan fingerprint density at radius 1 is 1.50 bits per heavy atom. The molecule has 4 heteroatoms. The molecule has 0 aliphatic carbocycles. The third-order valence-electron chi connectivity index (χ3n) is 2.39. The van der Waals surface area contributed by atoms with Crippen molar-refractivity contribution in [3.05, 3.63) is 22.3 Å². The molecule has 0 saturated heterocycles. The fraction of sp³-hybridized carbons (Fsp3) is 0.500. The molecule has 0 radical (unpaired) electrons. The van der Waals surface area contributed by atoms with Crippen LogP contribution in [0.4, 0.5) is 0 Å². The zero-order valence-electron chi connectivity index (χ0n) is 7.91. The first-order valence-corrected chi connectivity index (χ1v) is 5.76. The summed E-state index contributed by atoms with van der Waals surface area (Å²) in [4.78, 5) is 11.2. The van der Waals surface area contributed by atoms with Crippen molar-refractivity contribution in [3.8, 4) is 0 Å². The van der Waals surface area contributed by atoms with E-state index in [2.05, 4.69) is 0 Å². The van der Waals surface area contributed by atoms with Gasteiger partial charge in [0.05, 0.1) is 0 Å². The Bertz CT molecular complexity index is 320. The van der Waals surface area contributed by atoms with Gasteiger partial charge in [0.25, 0.3) is 0 Å². The molecule has 0 aromatic heterocycles. The highest BCUT2D eigenvalue weighted by atomic mass is 32.2. The zero-order valence-corrected chi connectivity index (χ0v) is 8.73. The molecular weight excluding hydrogens is 198 g/mol. The summed E-state index contributed by atoms with van der Waals surface area (Å²) in [7, 11) is 0. The Kier molecular flexibility index (Phi) is 2.82. The summed E-state index contributed by atoms with van der Waals surface area (Å²) in [5.41, 5.74) is 7.01. The molecule has 0 aromatic carbocycles. The van der Waals surface area contributed by atoms with Crippen LogP contribution in [0.2, 0.25) is 0 Å². The highest BCUT2D eigenvalue weighted by molar-refractivity contribution is 8.02. The summed E-state index contributed by atoms with van der Waals surface area (Å²) in [5, 5.41) is 0.916. The fourth-order valence-electron chi connectivity index (χ4n) is 1.70. The van der Waals surface area contributed by atoms with Gasteiger partial charge >= 0.3 is 0 Å². The van der Waals surface area contributed by atoms with Gasteiger partial charge < -0.3 is 10.5 Å². The van der Waals surface area contributed by atoms with Crippen LogP contribution in [0.3, 0.4) is 0 Å². The molecular formula is C10H13NO2S. The van der Waals surface area contributed by atoms with Gasteiger partial charge in [0, 0.05) is 16.9 Å². The molecule has 2 aliphatic rings. The molecule has 0 saturated carbocycles. The van der Waals surface area contributed by atoms with Gasteiger partial charge in [-0.1, -0.05) is 11.8 Å². The van der Waals surface area contributed by atoms with E-state index in [1.54, 1.807) is 17.8 Å². The quantitative estimate of drug-likeness (QED) is 0.716. The summed E-state index contributed by atoms with van der Waals surface area (Å²) in [6.45, 7) is 0.476. The SMILES string of the molecule is NC(=O)C1=CCOC2=C1CCCCS2. The smallest absolute Gasteiger partial charge is 0.248 e. The van der Waals surface area contributed by atoms with Gasteiger partial charge in [0.1, 0.15) is 6.61 Å². The lowest BCUT2D eigenvalue weighted by atomic mass is 10.00. The number of thioether (sulfide) groups is 1. The van der Waals surface area contributed by atoms with Crippen LogP contribution < -0.4 is 5.73 Å². The van der Waals surface area contributed by atoms with Crippen LogP contribution in [0.5, 0.6) is 0 Å². The fourth-order valence-corrected chi connectivity index (χ4v) is 2.78. The minimum Gasteiger partial charge on any atom is -0.483 e. The largest absolute Gasteiger partial charge is 0.483 e. The van der Waals surface area contributed by atoms with Crippen LogP contribution in [0, 0.1) is 0 Å². The van der Waals surface area contributed by atoms with Crippen LogP contribution in [-0.4, -0.2) is 18.3 Å². The molecule has 3 nitrogen and oxygen atoms in total. The molecule has 2 N–H and O–H groups in total. The lowest BCUT2D eigenvalue weighted by molar-refractivity contribution is -0.114. The number of carbonyl (C=O) groups is 1. The number of nitrogens with two attached hydrogens (primary N) is 1. The van der Waals surface area contributed by atoms with E-state index in [0.29, 0.717) is 12.2 Å². The number of hydrogen-bond donors (Lipinski definition) is 1. The third-order valence-corrected chi connectivity index (χ3v) is 3.51. The molecule has 76 valence electrons.